The van der Waals surface area contributed by atoms with Crippen molar-refractivity contribution in [2.75, 3.05) is 13.1 Å². The topological polar surface area (TPSA) is 168 Å². The van der Waals surface area contributed by atoms with E-state index in [9.17, 15) is 19.2 Å². The third kappa shape index (κ3) is 6.10. The van der Waals surface area contributed by atoms with Crippen molar-refractivity contribution in [3.63, 3.8) is 0 Å². The molecular weight excluding hydrogens is 330 g/mol. The van der Waals surface area contributed by atoms with E-state index in [2.05, 4.69) is 5.32 Å². The first-order chi connectivity index (χ1) is 10.4. The van der Waals surface area contributed by atoms with Gasteiger partial charge in [-0.25, -0.2) is 5.48 Å². The molecule has 0 aromatic carbocycles. The Kier molecular flexibility index (Phi) is 9.34. The highest BCUT2D eigenvalue weighted by Crippen LogP contribution is 2.13. The van der Waals surface area contributed by atoms with E-state index >= 15 is 0 Å². The van der Waals surface area contributed by atoms with Crippen LogP contribution in [-0.2, 0) is 19.2 Å². The highest BCUT2D eigenvalue weighted by atomic mass is 35.5. The molecule has 2 atom stereocenters. The Bertz CT molecular complexity index is 461. The minimum absolute atomic E-state index is 0. The summed E-state index contributed by atoms with van der Waals surface area (Å²) in [7, 11) is 0. The monoisotopic (exact) mass is 351 g/mol. The number of halogens is 1. The Balaban J connectivity index is 0.00000484. The van der Waals surface area contributed by atoms with Gasteiger partial charge in [-0.2, -0.15) is 0 Å². The van der Waals surface area contributed by atoms with Gasteiger partial charge in [-0.15, -0.1) is 12.4 Å². The number of hydrogen-bond acceptors (Lipinski definition) is 7. The average molecular weight is 352 g/mol. The standard InChI is InChI=1S/C12H21N5O5.ClH/c13-4-2-1-3-7(14)11(20)15-8-5-10(19)17(12(8)21)6-9(18)16-22;/h7-8,22H,1-6,13-14H2,(H,15,20)(H,16,18);1H/t7-,8-;/m0./s1. The Morgan fingerprint density at radius 2 is 2.00 bits per heavy atom. The van der Waals surface area contributed by atoms with Crippen LogP contribution in [0.25, 0.3) is 0 Å². The predicted molar refractivity (Wildman–Crippen MR) is 81.3 cm³/mol. The summed E-state index contributed by atoms with van der Waals surface area (Å²) < 4.78 is 0. The van der Waals surface area contributed by atoms with Crippen molar-refractivity contribution in [1.29, 1.82) is 0 Å². The molecule has 10 nitrogen and oxygen atoms in total. The number of hydrogen-bond donors (Lipinski definition) is 5. The zero-order valence-corrected chi connectivity index (χ0v) is 13.3. The molecule has 0 spiro atoms. The summed E-state index contributed by atoms with van der Waals surface area (Å²) in [6.07, 6.45) is 1.62. The van der Waals surface area contributed by atoms with Crippen LogP contribution >= 0.6 is 12.4 Å². The molecule has 1 fully saturated rings. The average Bonchev–Trinajstić information content (AvgIpc) is 2.74. The number of likely N-dealkylation sites (tertiary alicyclic amines) is 1. The summed E-state index contributed by atoms with van der Waals surface area (Å²) in [6.45, 7) is -0.0884. The van der Waals surface area contributed by atoms with Crippen molar-refractivity contribution in [3.8, 4) is 0 Å². The number of unbranched alkanes of at least 4 members (excludes halogenated alkanes) is 1. The number of nitrogens with zero attached hydrogens (tertiary/aromatic N) is 1. The summed E-state index contributed by atoms with van der Waals surface area (Å²) in [4.78, 5) is 47.2. The van der Waals surface area contributed by atoms with Gasteiger partial charge in [0.25, 0.3) is 11.8 Å². The van der Waals surface area contributed by atoms with Crippen LogP contribution in [0.3, 0.4) is 0 Å². The summed E-state index contributed by atoms with van der Waals surface area (Å²) in [5.41, 5.74) is 12.4. The van der Waals surface area contributed by atoms with Crippen LogP contribution in [0, 0.1) is 0 Å². The highest BCUT2D eigenvalue weighted by molar-refractivity contribution is 6.08. The molecule has 1 aliphatic heterocycles. The Morgan fingerprint density at radius 3 is 2.57 bits per heavy atom. The number of carbonyl (C=O) groups excluding carboxylic acids is 4. The van der Waals surface area contributed by atoms with Crippen molar-refractivity contribution in [1.82, 2.24) is 15.7 Å². The van der Waals surface area contributed by atoms with E-state index in [0.717, 1.165) is 6.42 Å². The van der Waals surface area contributed by atoms with Gasteiger partial charge in [0.2, 0.25) is 11.8 Å². The van der Waals surface area contributed by atoms with Crippen LogP contribution in [0.4, 0.5) is 0 Å². The van der Waals surface area contributed by atoms with Gasteiger partial charge in [-0.05, 0) is 19.4 Å². The molecule has 1 aliphatic rings. The molecule has 1 rings (SSSR count). The van der Waals surface area contributed by atoms with E-state index in [1.807, 2.05) is 0 Å². The summed E-state index contributed by atoms with van der Waals surface area (Å²) in [5, 5.41) is 10.8. The third-order valence-electron chi connectivity index (χ3n) is 3.29. The van der Waals surface area contributed by atoms with E-state index in [4.69, 9.17) is 16.7 Å². The molecule has 0 aromatic heterocycles. The molecule has 0 aliphatic carbocycles. The zero-order chi connectivity index (χ0) is 16.7. The van der Waals surface area contributed by atoms with Crippen LogP contribution in [0.5, 0.6) is 0 Å². The number of rotatable bonds is 8. The maximum Gasteiger partial charge on any atom is 0.263 e. The number of imide groups is 1. The first-order valence-corrected chi connectivity index (χ1v) is 6.93. The Hall–Kier alpha value is -1.75. The van der Waals surface area contributed by atoms with E-state index in [0.29, 0.717) is 24.3 Å². The van der Waals surface area contributed by atoms with E-state index in [-0.39, 0.29) is 18.8 Å². The predicted octanol–water partition coefficient (Wildman–Crippen LogP) is -2.39. The first kappa shape index (κ1) is 21.2. The van der Waals surface area contributed by atoms with Gasteiger partial charge in [0, 0.05) is 0 Å². The fourth-order valence-electron chi connectivity index (χ4n) is 2.06. The van der Waals surface area contributed by atoms with Crippen LogP contribution in [0.2, 0.25) is 0 Å². The van der Waals surface area contributed by atoms with Gasteiger partial charge in [0.15, 0.2) is 0 Å². The van der Waals surface area contributed by atoms with Gasteiger partial charge in [-0.3, -0.25) is 29.3 Å². The molecule has 0 unspecified atom stereocenters. The first-order valence-electron chi connectivity index (χ1n) is 6.93. The minimum atomic E-state index is -1.04. The van der Waals surface area contributed by atoms with E-state index < -0.39 is 42.3 Å². The largest absolute Gasteiger partial charge is 0.342 e. The number of nitrogens with two attached hydrogens (primary N) is 2. The maximum atomic E-state index is 12.0. The fourth-order valence-corrected chi connectivity index (χ4v) is 2.06. The smallest absolute Gasteiger partial charge is 0.263 e. The lowest BCUT2D eigenvalue weighted by molar-refractivity contribution is -0.145. The van der Waals surface area contributed by atoms with Gasteiger partial charge in [0.05, 0.1) is 12.5 Å². The molecule has 132 valence electrons. The SMILES string of the molecule is Cl.NCCCC[C@H](N)C(=O)N[C@H]1CC(=O)N(CC(=O)NO)C1=O. The Morgan fingerprint density at radius 1 is 1.35 bits per heavy atom. The van der Waals surface area contributed by atoms with Crippen molar-refractivity contribution in [3.05, 3.63) is 0 Å². The maximum absolute atomic E-state index is 12.0. The molecule has 1 saturated heterocycles. The summed E-state index contributed by atoms with van der Waals surface area (Å²) in [6, 6.07) is -1.82. The van der Waals surface area contributed by atoms with Gasteiger partial charge in [-0.1, -0.05) is 6.42 Å². The summed E-state index contributed by atoms with van der Waals surface area (Å²) >= 11 is 0. The molecule has 0 saturated carbocycles. The van der Waals surface area contributed by atoms with E-state index in [1.54, 1.807) is 0 Å². The lowest BCUT2D eigenvalue weighted by Gasteiger charge is -2.16. The van der Waals surface area contributed by atoms with Gasteiger partial charge >= 0.3 is 0 Å². The summed E-state index contributed by atoms with van der Waals surface area (Å²) in [5.74, 6) is -2.73. The van der Waals surface area contributed by atoms with Gasteiger partial charge in [0.1, 0.15) is 12.6 Å². The second-order valence-electron chi connectivity index (χ2n) is 5.01. The van der Waals surface area contributed by atoms with E-state index in [1.165, 1.54) is 5.48 Å². The molecule has 0 bridgehead atoms. The highest BCUT2D eigenvalue weighted by Gasteiger charge is 2.40. The van der Waals surface area contributed by atoms with Gasteiger partial charge < -0.3 is 16.8 Å². The van der Waals surface area contributed by atoms with Crippen molar-refractivity contribution in [2.45, 2.75) is 37.8 Å². The molecule has 23 heavy (non-hydrogen) atoms. The zero-order valence-electron chi connectivity index (χ0n) is 12.5. The fraction of sp³-hybridized carbons (Fsp3) is 0.667. The van der Waals surface area contributed by atoms with Crippen LogP contribution in [0.1, 0.15) is 25.7 Å². The molecule has 0 radical (unpaired) electrons. The molecular formula is C12H22ClN5O5. The Labute approximate surface area is 139 Å². The molecule has 0 aromatic rings. The van der Waals surface area contributed by atoms with Crippen LogP contribution in [0.15, 0.2) is 0 Å². The molecule has 11 heteroatoms. The second-order valence-corrected chi connectivity index (χ2v) is 5.01. The lowest BCUT2D eigenvalue weighted by atomic mass is 10.1. The third-order valence-corrected chi connectivity index (χ3v) is 3.29. The molecule has 7 N–H and O–H groups in total. The number of hydroxylamine groups is 1. The van der Waals surface area contributed by atoms with Crippen molar-refractivity contribution in [2.24, 2.45) is 11.5 Å². The molecule has 1 heterocycles. The van der Waals surface area contributed by atoms with Crippen LogP contribution in [-0.4, -0.2) is 58.9 Å². The van der Waals surface area contributed by atoms with Crippen LogP contribution < -0.4 is 22.3 Å². The van der Waals surface area contributed by atoms with Crippen molar-refractivity contribution < 1.29 is 24.4 Å². The second kappa shape index (κ2) is 10.1. The lowest BCUT2D eigenvalue weighted by Crippen LogP contribution is -2.49. The number of carbonyl (C=O) groups is 4. The number of nitrogens with one attached hydrogen (secondary N) is 2. The van der Waals surface area contributed by atoms with Crippen molar-refractivity contribution >= 4 is 36.0 Å². The normalized spacial score (nSPS) is 18.4. The minimum Gasteiger partial charge on any atom is -0.342 e. The quantitative estimate of drug-likeness (QED) is 0.141. The number of amides is 4. The molecule has 4 amide bonds.